The van der Waals surface area contributed by atoms with Crippen molar-refractivity contribution in [2.75, 3.05) is 0 Å². The normalized spacial score (nSPS) is 12.2. The molecule has 2 rings (SSSR count). The lowest BCUT2D eigenvalue weighted by Gasteiger charge is -2.12. The Labute approximate surface area is 108 Å². The van der Waals surface area contributed by atoms with Crippen molar-refractivity contribution in [2.45, 2.75) is 26.8 Å². The van der Waals surface area contributed by atoms with Gasteiger partial charge >= 0.3 is 0 Å². The van der Waals surface area contributed by atoms with Crippen LogP contribution < -0.4 is 10.5 Å². The first-order valence-corrected chi connectivity index (χ1v) is 6.03. The number of rotatable bonds is 3. The van der Waals surface area contributed by atoms with E-state index in [0.717, 1.165) is 11.3 Å². The molecule has 18 heavy (non-hydrogen) atoms. The summed E-state index contributed by atoms with van der Waals surface area (Å²) in [7, 11) is 0. The Morgan fingerprint density at radius 2 is 1.83 bits per heavy atom. The number of aryl methyl sites for hydroxylation is 2. The fraction of sp³-hybridized carbons (Fsp3) is 0.267. The fourth-order valence-corrected chi connectivity index (χ4v) is 1.94. The predicted octanol–water partition coefficient (Wildman–Crippen LogP) is 3.51. The Morgan fingerprint density at radius 3 is 2.44 bits per heavy atom. The van der Waals surface area contributed by atoms with Gasteiger partial charge in [0, 0.05) is 17.8 Å². The fourth-order valence-electron chi connectivity index (χ4n) is 1.94. The van der Waals surface area contributed by atoms with E-state index in [9.17, 15) is 0 Å². The van der Waals surface area contributed by atoms with Crippen molar-refractivity contribution in [3.8, 4) is 11.6 Å². The number of pyridine rings is 1. The highest BCUT2D eigenvalue weighted by Crippen LogP contribution is 2.27. The van der Waals surface area contributed by atoms with E-state index in [-0.39, 0.29) is 6.04 Å². The lowest BCUT2D eigenvalue weighted by molar-refractivity contribution is 0.451. The van der Waals surface area contributed by atoms with E-state index in [1.807, 2.05) is 45.0 Å². The van der Waals surface area contributed by atoms with Gasteiger partial charge in [-0.3, -0.25) is 0 Å². The summed E-state index contributed by atoms with van der Waals surface area (Å²) < 4.78 is 5.84. The van der Waals surface area contributed by atoms with Crippen molar-refractivity contribution >= 4 is 0 Å². The molecule has 0 aliphatic carbocycles. The number of nitrogens with zero attached hydrogens (tertiary/aromatic N) is 1. The molecule has 0 fully saturated rings. The minimum Gasteiger partial charge on any atom is -0.439 e. The maximum absolute atomic E-state index is 5.91. The van der Waals surface area contributed by atoms with Crippen LogP contribution in [-0.4, -0.2) is 4.98 Å². The Hall–Kier alpha value is -1.87. The summed E-state index contributed by atoms with van der Waals surface area (Å²) in [6.45, 7) is 6.01. The zero-order chi connectivity index (χ0) is 13.1. The van der Waals surface area contributed by atoms with Gasteiger partial charge in [0.05, 0.1) is 0 Å². The minimum absolute atomic E-state index is 0.0976. The van der Waals surface area contributed by atoms with E-state index in [0.29, 0.717) is 5.88 Å². The molecule has 2 N–H and O–H groups in total. The van der Waals surface area contributed by atoms with E-state index in [1.54, 1.807) is 6.20 Å². The molecule has 0 aliphatic rings. The van der Waals surface area contributed by atoms with Crippen molar-refractivity contribution in [2.24, 2.45) is 5.73 Å². The first-order valence-electron chi connectivity index (χ1n) is 6.03. The molecule has 0 aliphatic heterocycles. The van der Waals surface area contributed by atoms with Crippen LogP contribution in [0.25, 0.3) is 0 Å². The topological polar surface area (TPSA) is 48.1 Å². The van der Waals surface area contributed by atoms with Crippen LogP contribution >= 0.6 is 0 Å². The molecule has 0 unspecified atom stereocenters. The molecule has 94 valence electrons. The average Bonchev–Trinajstić information content (AvgIpc) is 2.27. The first kappa shape index (κ1) is 12.6. The number of hydrogen-bond donors (Lipinski definition) is 1. The third-order valence-corrected chi connectivity index (χ3v) is 2.70. The van der Waals surface area contributed by atoms with Crippen LogP contribution in [0.1, 0.15) is 29.7 Å². The smallest absolute Gasteiger partial charge is 0.223 e. The van der Waals surface area contributed by atoms with Gasteiger partial charge in [0.2, 0.25) is 5.88 Å². The second-order valence-electron chi connectivity index (χ2n) is 4.61. The van der Waals surface area contributed by atoms with E-state index in [1.165, 1.54) is 11.1 Å². The first-order chi connectivity index (χ1) is 8.56. The highest BCUT2D eigenvalue weighted by Gasteiger charge is 2.10. The summed E-state index contributed by atoms with van der Waals surface area (Å²) in [5, 5.41) is 0. The van der Waals surface area contributed by atoms with Gasteiger partial charge in [0.1, 0.15) is 5.75 Å². The number of hydrogen-bond acceptors (Lipinski definition) is 3. The molecule has 1 aromatic carbocycles. The maximum Gasteiger partial charge on any atom is 0.223 e. The van der Waals surface area contributed by atoms with Gasteiger partial charge in [-0.25, -0.2) is 4.98 Å². The van der Waals surface area contributed by atoms with Crippen molar-refractivity contribution in [3.05, 3.63) is 53.2 Å². The van der Waals surface area contributed by atoms with Crippen LogP contribution in [-0.2, 0) is 0 Å². The Balaban J connectivity index is 2.34. The van der Waals surface area contributed by atoms with E-state index < -0.39 is 0 Å². The van der Waals surface area contributed by atoms with Gasteiger partial charge in [-0.1, -0.05) is 12.1 Å². The van der Waals surface area contributed by atoms with Gasteiger partial charge in [0.15, 0.2) is 0 Å². The maximum atomic E-state index is 5.91. The highest BCUT2D eigenvalue weighted by atomic mass is 16.5. The summed E-state index contributed by atoms with van der Waals surface area (Å²) in [6, 6.07) is 9.80. The molecule has 0 amide bonds. The average molecular weight is 242 g/mol. The van der Waals surface area contributed by atoms with Crippen molar-refractivity contribution in [3.63, 3.8) is 0 Å². The van der Waals surface area contributed by atoms with Crippen LogP contribution in [0, 0.1) is 13.8 Å². The van der Waals surface area contributed by atoms with Gasteiger partial charge in [0.25, 0.3) is 0 Å². The zero-order valence-electron chi connectivity index (χ0n) is 11.0. The van der Waals surface area contributed by atoms with E-state index in [4.69, 9.17) is 10.5 Å². The van der Waals surface area contributed by atoms with Crippen LogP contribution in [0.5, 0.6) is 11.6 Å². The van der Waals surface area contributed by atoms with Crippen LogP contribution in [0.2, 0.25) is 0 Å². The van der Waals surface area contributed by atoms with Gasteiger partial charge < -0.3 is 10.5 Å². The summed E-state index contributed by atoms with van der Waals surface area (Å²) in [5.74, 6) is 1.38. The Kier molecular flexibility index (Phi) is 3.63. The second-order valence-corrected chi connectivity index (χ2v) is 4.61. The highest BCUT2D eigenvalue weighted by molar-refractivity contribution is 5.38. The molecule has 0 radical (unpaired) electrons. The molecule has 0 bridgehead atoms. The third-order valence-electron chi connectivity index (χ3n) is 2.70. The van der Waals surface area contributed by atoms with Gasteiger partial charge in [-0.05, 0) is 50.1 Å². The molecule has 0 saturated heterocycles. The standard InChI is InChI=1S/C15H18N2O/c1-10-7-11(2)9-13(8-10)18-15-14(12(3)16)5-4-6-17-15/h4-9,12H,16H2,1-3H3/t12-/m0/s1. The second kappa shape index (κ2) is 5.19. The summed E-state index contributed by atoms with van der Waals surface area (Å²) in [5.41, 5.74) is 9.16. The van der Waals surface area contributed by atoms with Crippen molar-refractivity contribution in [1.82, 2.24) is 4.98 Å². The minimum atomic E-state index is -0.0976. The summed E-state index contributed by atoms with van der Waals surface area (Å²) in [6.07, 6.45) is 1.71. The Bertz CT molecular complexity index is 530. The summed E-state index contributed by atoms with van der Waals surface area (Å²) in [4.78, 5) is 4.25. The molecule has 3 nitrogen and oxygen atoms in total. The number of ether oxygens (including phenoxy) is 1. The van der Waals surface area contributed by atoms with Gasteiger partial charge in [-0.15, -0.1) is 0 Å². The zero-order valence-corrected chi connectivity index (χ0v) is 11.0. The number of benzene rings is 1. The predicted molar refractivity (Wildman–Crippen MR) is 72.8 cm³/mol. The van der Waals surface area contributed by atoms with Crippen molar-refractivity contribution < 1.29 is 4.74 Å². The monoisotopic (exact) mass is 242 g/mol. The lowest BCUT2D eigenvalue weighted by Crippen LogP contribution is -2.07. The number of nitrogens with two attached hydrogens (primary N) is 1. The SMILES string of the molecule is Cc1cc(C)cc(Oc2ncccc2[C@H](C)N)c1. The molecular formula is C15H18N2O. The van der Waals surface area contributed by atoms with E-state index in [2.05, 4.69) is 11.1 Å². The molecule has 0 saturated carbocycles. The molecule has 2 aromatic rings. The Morgan fingerprint density at radius 1 is 1.17 bits per heavy atom. The largest absolute Gasteiger partial charge is 0.439 e. The lowest BCUT2D eigenvalue weighted by atomic mass is 10.1. The van der Waals surface area contributed by atoms with Crippen LogP contribution in [0.15, 0.2) is 36.5 Å². The van der Waals surface area contributed by atoms with Crippen LogP contribution in [0.4, 0.5) is 0 Å². The number of aromatic nitrogens is 1. The molecule has 1 heterocycles. The third kappa shape index (κ3) is 2.87. The quantitative estimate of drug-likeness (QED) is 0.896. The van der Waals surface area contributed by atoms with E-state index >= 15 is 0 Å². The summed E-state index contributed by atoms with van der Waals surface area (Å²) >= 11 is 0. The molecule has 0 spiro atoms. The van der Waals surface area contributed by atoms with Gasteiger partial charge in [-0.2, -0.15) is 0 Å². The van der Waals surface area contributed by atoms with Crippen molar-refractivity contribution in [1.29, 1.82) is 0 Å². The molecule has 3 heteroatoms. The van der Waals surface area contributed by atoms with Crippen LogP contribution in [0.3, 0.4) is 0 Å². The molecule has 1 atom stereocenters. The molecule has 1 aromatic heterocycles. The molecular weight excluding hydrogens is 224 g/mol.